The minimum Gasteiger partial charge on any atom is -0.497 e. The monoisotopic (exact) mass is 516 g/mol. The summed E-state index contributed by atoms with van der Waals surface area (Å²) < 4.78 is 11.5. The van der Waals surface area contributed by atoms with Crippen molar-refractivity contribution >= 4 is 11.8 Å². The maximum absolute atomic E-state index is 13.8. The standard InChI is InChI=1S/C32H40N2O4/c1-7-24(4)33-32(36)29(19-26-12-9-8-10-13-26)34(20-27-14-11-15-28(18-27)37-6)31(35)21-38-30-17-22(2)16-23(3)25(30)5/h8-18,24,29H,7,19-21H2,1-6H3,(H,33,36)/t24-,29+/m0/s1. The number of hydrogen-bond donors (Lipinski definition) is 1. The van der Waals surface area contributed by atoms with Crippen LogP contribution in [0.2, 0.25) is 0 Å². The summed E-state index contributed by atoms with van der Waals surface area (Å²) in [6.07, 6.45) is 1.18. The second-order valence-electron chi connectivity index (χ2n) is 9.89. The van der Waals surface area contributed by atoms with E-state index in [2.05, 4.69) is 11.4 Å². The summed E-state index contributed by atoms with van der Waals surface area (Å²) in [7, 11) is 1.61. The number of methoxy groups -OCH3 is 1. The summed E-state index contributed by atoms with van der Waals surface area (Å²) in [4.78, 5) is 29.1. The average molecular weight is 517 g/mol. The molecule has 6 heteroatoms. The van der Waals surface area contributed by atoms with Crippen LogP contribution in [0.15, 0.2) is 66.7 Å². The molecule has 0 fully saturated rings. The van der Waals surface area contributed by atoms with Crippen molar-refractivity contribution in [1.82, 2.24) is 10.2 Å². The van der Waals surface area contributed by atoms with Crippen LogP contribution < -0.4 is 14.8 Å². The number of amides is 2. The Morgan fingerprint density at radius 3 is 2.34 bits per heavy atom. The molecule has 0 aliphatic rings. The lowest BCUT2D eigenvalue weighted by Crippen LogP contribution is -2.53. The summed E-state index contributed by atoms with van der Waals surface area (Å²) >= 11 is 0. The zero-order valence-corrected chi connectivity index (χ0v) is 23.4. The topological polar surface area (TPSA) is 67.9 Å². The third kappa shape index (κ3) is 7.85. The molecule has 3 aromatic rings. The van der Waals surface area contributed by atoms with Crippen LogP contribution >= 0.6 is 0 Å². The van der Waals surface area contributed by atoms with Crippen LogP contribution in [-0.4, -0.2) is 42.5 Å². The SMILES string of the molecule is CC[C@H](C)NC(=O)[C@@H](Cc1ccccc1)N(Cc1cccc(OC)c1)C(=O)COc1cc(C)cc(C)c1C. The maximum Gasteiger partial charge on any atom is 0.261 e. The van der Waals surface area contributed by atoms with Crippen LogP contribution in [0.1, 0.15) is 48.1 Å². The Balaban J connectivity index is 1.96. The lowest BCUT2D eigenvalue weighted by molar-refractivity contribution is -0.143. The van der Waals surface area contributed by atoms with E-state index in [1.54, 1.807) is 12.0 Å². The number of carbonyl (C=O) groups is 2. The lowest BCUT2D eigenvalue weighted by Gasteiger charge is -2.32. The van der Waals surface area contributed by atoms with E-state index in [9.17, 15) is 9.59 Å². The molecule has 0 aromatic heterocycles. The van der Waals surface area contributed by atoms with Gasteiger partial charge in [0.1, 0.15) is 17.5 Å². The van der Waals surface area contributed by atoms with E-state index >= 15 is 0 Å². The summed E-state index contributed by atoms with van der Waals surface area (Å²) in [5.74, 6) is 0.940. The number of ether oxygens (including phenoxy) is 2. The molecule has 0 spiro atoms. The van der Waals surface area contributed by atoms with E-state index in [1.807, 2.05) is 95.3 Å². The smallest absolute Gasteiger partial charge is 0.261 e. The van der Waals surface area contributed by atoms with Gasteiger partial charge in [0.2, 0.25) is 5.91 Å². The normalized spacial score (nSPS) is 12.4. The predicted octanol–water partition coefficient (Wildman–Crippen LogP) is 5.55. The van der Waals surface area contributed by atoms with Gasteiger partial charge >= 0.3 is 0 Å². The van der Waals surface area contributed by atoms with E-state index in [0.29, 0.717) is 17.9 Å². The summed E-state index contributed by atoms with van der Waals surface area (Å²) in [6, 6.07) is 20.7. The molecule has 2 atom stereocenters. The molecule has 0 saturated heterocycles. The average Bonchev–Trinajstić information content (AvgIpc) is 2.92. The quantitative estimate of drug-likeness (QED) is 0.343. The van der Waals surface area contributed by atoms with Crippen LogP contribution in [0.25, 0.3) is 0 Å². The zero-order valence-electron chi connectivity index (χ0n) is 23.4. The van der Waals surface area contributed by atoms with Crippen molar-refractivity contribution in [2.45, 2.75) is 66.1 Å². The zero-order chi connectivity index (χ0) is 27.7. The van der Waals surface area contributed by atoms with Gasteiger partial charge < -0.3 is 19.7 Å². The van der Waals surface area contributed by atoms with Crippen LogP contribution in [-0.2, 0) is 22.6 Å². The molecule has 1 N–H and O–H groups in total. The molecule has 0 saturated carbocycles. The van der Waals surface area contributed by atoms with Gasteiger partial charge in [-0.05, 0) is 80.1 Å². The molecule has 0 unspecified atom stereocenters. The molecule has 0 aliphatic heterocycles. The van der Waals surface area contributed by atoms with Gasteiger partial charge in [-0.2, -0.15) is 0 Å². The molecule has 202 valence electrons. The number of rotatable bonds is 12. The van der Waals surface area contributed by atoms with Crippen molar-refractivity contribution in [2.75, 3.05) is 13.7 Å². The first kappa shape index (κ1) is 28.8. The van der Waals surface area contributed by atoms with Crippen molar-refractivity contribution in [2.24, 2.45) is 0 Å². The van der Waals surface area contributed by atoms with Gasteiger partial charge in [0, 0.05) is 19.0 Å². The van der Waals surface area contributed by atoms with Gasteiger partial charge in [0.25, 0.3) is 5.91 Å². The third-order valence-electron chi connectivity index (χ3n) is 6.87. The minimum atomic E-state index is -0.714. The van der Waals surface area contributed by atoms with E-state index in [-0.39, 0.29) is 31.0 Å². The van der Waals surface area contributed by atoms with E-state index < -0.39 is 6.04 Å². The lowest BCUT2D eigenvalue weighted by atomic mass is 10.0. The minimum absolute atomic E-state index is 0.0105. The Hall–Kier alpha value is -3.80. The summed E-state index contributed by atoms with van der Waals surface area (Å²) in [6.45, 7) is 10.1. The van der Waals surface area contributed by atoms with E-state index in [1.165, 1.54) is 0 Å². The fraction of sp³-hybridized carbons (Fsp3) is 0.375. The van der Waals surface area contributed by atoms with Crippen LogP contribution in [0.4, 0.5) is 0 Å². The van der Waals surface area contributed by atoms with Crippen molar-refractivity contribution in [3.05, 3.63) is 94.5 Å². The first-order valence-electron chi connectivity index (χ1n) is 13.2. The molecule has 3 aromatic carbocycles. The van der Waals surface area contributed by atoms with Gasteiger partial charge in [-0.25, -0.2) is 0 Å². The molecule has 0 bridgehead atoms. The Labute approximate surface area is 227 Å². The molecule has 0 radical (unpaired) electrons. The number of benzene rings is 3. The molecule has 3 rings (SSSR count). The number of carbonyl (C=O) groups excluding carboxylic acids is 2. The first-order valence-corrected chi connectivity index (χ1v) is 13.2. The largest absolute Gasteiger partial charge is 0.497 e. The van der Waals surface area contributed by atoms with Crippen molar-refractivity contribution in [3.63, 3.8) is 0 Å². The van der Waals surface area contributed by atoms with Gasteiger partial charge in [0.05, 0.1) is 7.11 Å². The fourth-order valence-electron chi connectivity index (χ4n) is 4.34. The van der Waals surface area contributed by atoms with Gasteiger partial charge in [-0.3, -0.25) is 9.59 Å². The number of aryl methyl sites for hydroxylation is 2. The molecule has 2 amide bonds. The molecule has 6 nitrogen and oxygen atoms in total. The highest BCUT2D eigenvalue weighted by molar-refractivity contribution is 5.88. The van der Waals surface area contributed by atoms with Crippen LogP contribution in [0, 0.1) is 20.8 Å². The molecule has 38 heavy (non-hydrogen) atoms. The van der Waals surface area contributed by atoms with E-state index in [4.69, 9.17) is 9.47 Å². The first-order chi connectivity index (χ1) is 18.2. The maximum atomic E-state index is 13.8. The highest BCUT2D eigenvalue weighted by Crippen LogP contribution is 2.24. The number of hydrogen-bond acceptors (Lipinski definition) is 4. The second-order valence-corrected chi connectivity index (χ2v) is 9.89. The third-order valence-corrected chi connectivity index (χ3v) is 6.87. The highest BCUT2D eigenvalue weighted by atomic mass is 16.5. The molecular weight excluding hydrogens is 476 g/mol. The molecule has 0 aliphatic carbocycles. The fourth-order valence-corrected chi connectivity index (χ4v) is 4.34. The summed E-state index contributed by atoms with van der Waals surface area (Å²) in [5, 5.41) is 3.09. The van der Waals surface area contributed by atoms with Gasteiger partial charge in [0.15, 0.2) is 6.61 Å². The van der Waals surface area contributed by atoms with Gasteiger partial charge in [-0.1, -0.05) is 55.5 Å². The summed E-state index contributed by atoms with van der Waals surface area (Å²) in [5.41, 5.74) is 5.02. The number of nitrogens with one attached hydrogen (secondary N) is 1. The number of nitrogens with zero attached hydrogens (tertiary/aromatic N) is 1. The van der Waals surface area contributed by atoms with Crippen molar-refractivity contribution in [1.29, 1.82) is 0 Å². The Bertz CT molecular complexity index is 1230. The van der Waals surface area contributed by atoms with Gasteiger partial charge in [-0.15, -0.1) is 0 Å². The predicted molar refractivity (Wildman–Crippen MR) is 152 cm³/mol. The van der Waals surface area contributed by atoms with Crippen molar-refractivity contribution in [3.8, 4) is 11.5 Å². The highest BCUT2D eigenvalue weighted by Gasteiger charge is 2.31. The molecular formula is C32H40N2O4. The Morgan fingerprint density at radius 1 is 0.947 bits per heavy atom. The van der Waals surface area contributed by atoms with Crippen LogP contribution in [0.5, 0.6) is 11.5 Å². The Kier molecular flexibility index (Phi) is 10.3. The van der Waals surface area contributed by atoms with E-state index in [0.717, 1.165) is 34.2 Å². The van der Waals surface area contributed by atoms with Crippen molar-refractivity contribution < 1.29 is 19.1 Å². The Morgan fingerprint density at radius 2 is 1.66 bits per heavy atom. The second kappa shape index (κ2) is 13.7. The molecule has 0 heterocycles. The van der Waals surface area contributed by atoms with Crippen LogP contribution in [0.3, 0.4) is 0 Å².